The van der Waals surface area contributed by atoms with Gasteiger partial charge in [0.15, 0.2) is 0 Å². The van der Waals surface area contributed by atoms with Crippen molar-refractivity contribution in [2.75, 3.05) is 0 Å². The van der Waals surface area contributed by atoms with E-state index < -0.39 is 23.7 Å². The summed E-state index contributed by atoms with van der Waals surface area (Å²) < 4.78 is 55.5. The highest BCUT2D eigenvalue weighted by atomic mass is 35.5. The topological polar surface area (TPSA) is 107 Å². The third-order valence-electron chi connectivity index (χ3n) is 6.77. The molecule has 0 bridgehead atoms. The molecule has 14 heteroatoms. The Hall–Kier alpha value is -5.17. The molecule has 0 aliphatic rings. The molecule has 4 aromatic heterocycles. The molecule has 0 radical (unpaired) electrons. The minimum absolute atomic E-state index is 0.255. The van der Waals surface area contributed by atoms with Crippen LogP contribution >= 0.6 is 11.6 Å². The number of benzene rings is 2. The largest absolute Gasteiger partial charge is 0.433 e. The van der Waals surface area contributed by atoms with Gasteiger partial charge in [0.1, 0.15) is 23.7 Å². The number of tetrazole rings is 1. The van der Waals surface area contributed by atoms with Crippen LogP contribution in [0.4, 0.5) is 17.6 Å². The fourth-order valence-corrected chi connectivity index (χ4v) is 4.84. The third-order valence-corrected chi connectivity index (χ3v) is 7.00. The lowest BCUT2D eigenvalue weighted by molar-refractivity contribution is -0.141. The summed E-state index contributed by atoms with van der Waals surface area (Å²) in [6, 6.07) is 15.6. The van der Waals surface area contributed by atoms with Gasteiger partial charge in [0, 0.05) is 41.0 Å². The van der Waals surface area contributed by atoms with Gasteiger partial charge in [0.25, 0.3) is 5.56 Å². The molecule has 0 fully saturated rings. The number of hydrogen-bond donors (Lipinski definition) is 1. The molecule has 1 N–H and O–H groups in total. The number of aromatic amines is 1. The zero-order valence-corrected chi connectivity index (χ0v) is 22.6. The van der Waals surface area contributed by atoms with Crippen LogP contribution in [0.2, 0.25) is 5.02 Å². The van der Waals surface area contributed by atoms with Crippen LogP contribution in [0.25, 0.3) is 28.1 Å². The molecule has 216 valence electrons. The van der Waals surface area contributed by atoms with E-state index in [4.69, 9.17) is 11.6 Å². The molecule has 0 aliphatic carbocycles. The van der Waals surface area contributed by atoms with E-state index >= 15 is 0 Å². The molecule has 0 saturated carbocycles. The molecule has 2 aromatic carbocycles. The van der Waals surface area contributed by atoms with Gasteiger partial charge in [-0.15, -0.1) is 5.10 Å². The number of H-pyrrole nitrogens is 1. The first-order chi connectivity index (χ1) is 20.7. The van der Waals surface area contributed by atoms with E-state index in [2.05, 4.69) is 30.5 Å². The number of nitrogens with zero attached hydrogens (tertiary/aromatic N) is 7. The highest BCUT2D eigenvalue weighted by Crippen LogP contribution is 2.31. The van der Waals surface area contributed by atoms with Gasteiger partial charge in [-0.1, -0.05) is 23.7 Å². The molecule has 43 heavy (non-hydrogen) atoms. The second-order valence-corrected chi connectivity index (χ2v) is 9.97. The SMILES string of the molecule is O=c1cc(-c2cc(Cl)ccc2-n2cnnn2)ccn1C(Cc1ccc(F)cc1)c1ncc(-c2ccc(C(F)(F)F)nc2)[nH]1. The molecule has 1 atom stereocenters. The average Bonchev–Trinajstić information content (AvgIpc) is 3.70. The number of alkyl halides is 3. The molecule has 1 unspecified atom stereocenters. The van der Waals surface area contributed by atoms with Gasteiger partial charge < -0.3 is 9.55 Å². The van der Waals surface area contributed by atoms with Gasteiger partial charge in [0.2, 0.25) is 0 Å². The Balaban J connectivity index is 1.39. The van der Waals surface area contributed by atoms with Crippen LogP contribution in [0.1, 0.15) is 23.1 Å². The van der Waals surface area contributed by atoms with E-state index in [0.717, 1.165) is 17.8 Å². The predicted octanol–water partition coefficient (Wildman–Crippen LogP) is 5.92. The van der Waals surface area contributed by atoms with Crippen LogP contribution in [-0.4, -0.2) is 39.7 Å². The predicted molar refractivity (Wildman–Crippen MR) is 149 cm³/mol. The van der Waals surface area contributed by atoms with Gasteiger partial charge in [-0.05, 0) is 70.1 Å². The Bertz CT molecular complexity index is 1940. The summed E-state index contributed by atoms with van der Waals surface area (Å²) in [5.74, 6) is -0.0389. The number of pyridine rings is 2. The van der Waals surface area contributed by atoms with E-state index in [0.29, 0.717) is 38.9 Å². The summed E-state index contributed by atoms with van der Waals surface area (Å²) in [7, 11) is 0. The van der Waals surface area contributed by atoms with Crippen molar-refractivity contribution in [3.63, 3.8) is 0 Å². The van der Waals surface area contributed by atoms with Gasteiger partial charge in [0.05, 0.1) is 23.6 Å². The fourth-order valence-electron chi connectivity index (χ4n) is 4.67. The molecular formula is C29H19ClF4N8O. The number of hydrogen-bond acceptors (Lipinski definition) is 6. The summed E-state index contributed by atoms with van der Waals surface area (Å²) in [6.07, 6.45) is 1.28. The van der Waals surface area contributed by atoms with Crippen molar-refractivity contribution in [2.24, 2.45) is 0 Å². The first-order valence-electron chi connectivity index (χ1n) is 12.7. The first kappa shape index (κ1) is 28.0. The van der Waals surface area contributed by atoms with Crippen LogP contribution in [0.5, 0.6) is 0 Å². The Labute approximate surface area is 245 Å². The molecule has 6 aromatic rings. The molecule has 6 rings (SSSR count). The molecule has 0 aliphatic heterocycles. The quantitative estimate of drug-likeness (QED) is 0.226. The highest BCUT2D eigenvalue weighted by Gasteiger charge is 2.32. The van der Waals surface area contributed by atoms with Crippen LogP contribution in [-0.2, 0) is 12.6 Å². The maximum Gasteiger partial charge on any atom is 0.433 e. The maximum atomic E-state index is 13.6. The number of imidazole rings is 1. The molecule has 0 saturated heterocycles. The number of nitrogens with one attached hydrogen (secondary N) is 1. The van der Waals surface area contributed by atoms with Crippen molar-refractivity contribution < 1.29 is 17.6 Å². The zero-order valence-electron chi connectivity index (χ0n) is 21.9. The van der Waals surface area contributed by atoms with Gasteiger partial charge in [-0.25, -0.2) is 9.37 Å². The van der Waals surface area contributed by atoms with E-state index in [-0.39, 0.29) is 12.0 Å². The van der Waals surface area contributed by atoms with Crippen LogP contribution in [0.15, 0.2) is 96.4 Å². The van der Waals surface area contributed by atoms with Crippen molar-refractivity contribution >= 4 is 11.6 Å². The first-order valence-corrected chi connectivity index (χ1v) is 13.1. The van der Waals surface area contributed by atoms with E-state index in [1.54, 1.807) is 42.6 Å². The number of aromatic nitrogens is 8. The maximum absolute atomic E-state index is 13.6. The molecule has 4 heterocycles. The Morgan fingerprint density at radius 3 is 2.42 bits per heavy atom. The minimum Gasteiger partial charge on any atom is -0.340 e. The summed E-state index contributed by atoms with van der Waals surface area (Å²) in [5, 5.41) is 11.7. The smallest absolute Gasteiger partial charge is 0.340 e. The standard InChI is InChI=1S/C29H19ClF4N8O/c30-20-4-7-24(42-16-37-39-40-42)22(13-20)18-9-10-41(27(43)12-18)25(11-17-1-5-21(31)6-2-17)28-36-15-23(38-28)19-3-8-26(35-14-19)29(32,33)34/h1-10,12-16,25H,11H2,(H,36,38). The summed E-state index contributed by atoms with van der Waals surface area (Å²) in [4.78, 5) is 24.7. The molecule has 0 amide bonds. The van der Waals surface area contributed by atoms with Crippen molar-refractivity contribution in [1.29, 1.82) is 0 Å². The lowest BCUT2D eigenvalue weighted by Crippen LogP contribution is -2.27. The average molecular weight is 607 g/mol. The monoisotopic (exact) mass is 606 g/mol. The van der Waals surface area contributed by atoms with E-state index in [9.17, 15) is 22.4 Å². The van der Waals surface area contributed by atoms with Crippen LogP contribution in [0.3, 0.4) is 0 Å². The third kappa shape index (κ3) is 5.93. The van der Waals surface area contributed by atoms with Crippen LogP contribution in [0, 0.1) is 5.82 Å². The number of rotatable bonds is 7. The second-order valence-electron chi connectivity index (χ2n) is 9.54. The minimum atomic E-state index is -4.57. The lowest BCUT2D eigenvalue weighted by Gasteiger charge is -2.19. The summed E-state index contributed by atoms with van der Waals surface area (Å²) in [5.41, 5.74) is 1.92. The molecule has 9 nitrogen and oxygen atoms in total. The molecule has 0 spiro atoms. The van der Waals surface area contributed by atoms with E-state index in [1.807, 2.05) is 0 Å². The highest BCUT2D eigenvalue weighted by molar-refractivity contribution is 6.31. The normalized spacial score (nSPS) is 12.4. The Morgan fingerprint density at radius 2 is 1.74 bits per heavy atom. The summed E-state index contributed by atoms with van der Waals surface area (Å²) in [6.45, 7) is 0. The number of halogens is 5. The van der Waals surface area contributed by atoms with Crippen LogP contribution < -0.4 is 5.56 Å². The van der Waals surface area contributed by atoms with Gasteiger partial charge in [-0.3, -0.25) is 9.78 Å². The van der Waals surface area contributed by atoms with E-state index in [1.165, 1.54) is 46.0 Å². The van der Waals surface area contributed by atoms with Crippen molar-refractivity contribution in [3.05, 3.63) is 130 Å². The lowest BCUT2D eigenvalue weighted by atomic mass is 10.0. The zero-order chi connectivity index (χ0) is 30.1. The Kier molecular flexibility index (Phi) is 7.32. The van der Waals surface area contributed by atoms with Crippen molar-refractivity contribution in [2.45, 2.75) is 18.6 Å². The van der Waals surface area contributed by atoms with Gasteiger partial charge in [-0.2, -0.15) is 17.9 Å². The summed E-state index contributed by atoms with van der Waals surface area (Å²) >= 11 is 6.27. The van der Waals surface area contributed by atoms with Crippen molar-refractivity contribution in [1.82, 2.24) is 39.7 Å². The van der Waals surface area contributed by atoms with Crippen molar-refractivity contribution in [3.8, 4) is 28.1 Å². The second kappa shape index (κ2) is 11.2. The van der Waals surface area contributed by atoms with Gasteiger partial charge >= 0.3 is 6.18 Å². The molecular weight excluding hydrogens is 588 g/mol. The fraction of sp³-hybridized carbons (Fsp3) is 0.103. The Morgan fingerprint density at radius 1 is 0.930 bits per heavy atom.